The summed E-state index contributed by atoms with van der Waals surface area (Å²) in [7, 11) is 1.27. The fourth-order valence-corrected chi connectivity index (χ4v) is 3.99. The van der Waals surface area contributed by atoms with Gasteiger partial charge < -0.3 is 9.84 Å². The fourth-order valence-electron chi connectivity index (χ4n) is 3.99. The number of aromatic hydroxyl groups is 1. The zero-order valence-electron chi connectivity index (χ0n) is 19.2. The maximum absolute atomic E-state index is 15.3. The van der Waals surface area contributed by atoms with Gasteiger partial charge in [-0.25, -0.2) is 13.8 Å². The Labute approximate surface area is 197 Å². The number of hydrogen-bond donors (Lipinski definition) is 1. The lowest BCUT2D eigenvalue weighted by molar-refractivity contribution is -0.387. The van der Waals surface area contributed by atoms with Gasteiger partial charge in [-0.05, 0) is 42.7 Å². The minimum atomic E-state index is -1.19. The minimum Gasteiger partial charge on any atom is -0.501 e. The number of benzene rings is 1. The van der Waals surface area contributed by atoms with Gasteiger partial charge in [0.05, 0.1) is 34.4 Å². The molecule has 1 aromatic carbocycles. The third-order valence-corrected chi connectivity index (χ3v) is 5.59. The van der Waals surface area contributed by atoms with Gasteiger partial charge in [-0.15, -0.1) is 0 Å². The lowest BCUT2D eigenvalue weighted by Gasteiger charge is -2.19. The highest BCUT2D eigenvalue weighted by atomic mass is 19.1. The number of nitrogens with zero attached hydrogens (tertiary/aromatic N) is 4. The first-order valence-corrected chi connectivity index (χ1v) is 10.5. The Kier molecular flexibility index (Phi) is 5.93. The van der Waals surface area contributed by atoms with Crippen LogP contribution in [0.3, 0.4) is 0 Å². The molecule has 4 aromatic rings. The van der Waals surface area contributed by atoms with Crippen molar-refractivity contribution in [2.75, 3.05) is 7.11 Å². The Hall–Kier alpha value is -4.41. The summed E-state index contributed by atoms with van der Waals surface area (Å²) in [5, 5.41) is 21.9. The average Bonchev–Trinajstić information content (AvgIpc) is 2.79. The van der Waals surface area contributed by atoms with Crippen molar-refractivity contribution in [1.29, 1.82) is 0 Å². The van der Waals surface area contributed by atoms with Crippen LogP contribution in [0.25, 0.3) is 28.0 Å². The second kappa shape index (κ2) is 8.75. The van der Waals surface area contributed by atoms with Gasteiger partial charge in [-0.1, -0.05) is 19.9 Å². The number of fused-ring (bicyclic) bond motifs is 1. The zero-order valence-corrected chi connectivity index (χ0v) is 19.2. The average molecular weight is 482 g/mol. The van der Waals surface area contributed by atoms with Crippen molar-refractivity contribution in [2.24, 2.45) is 0 Å². The van der Waals surface area contributed by atoms with Gasteiger partial charge in [0.2, 0.25) is 5.75 Å². The number of nitro groups is 1. The number of methoxy groups -OCH3 is 1. The summed E-state index contributed by atoms with van der Waals surface area (Å²) >= 11 is 0. The monoisotopic (exact) mass is 482 g/mol. The summed E-state index contributed by atoms with van der Waals surface area (Å²) in [6, 6.07) is 6.25. The third kappa shape index (κ3) is 3.74. The topological polar surface area (TPSA) is 120 Å². The van der Waals surface area contributed by atoms with E-state index >= 15 is 4.39 Å². The van der Waals surface area contributed by atoms with Crippen molar-refractivity contribution in [3.63, 3.8) is 0 Å². The van der Waals surface area contributed by atoms with Crippen molar-refractivity contribution < 1.29 is 23.5 Å². The molecule has 0 amide bonds. The summed E-state index contributed by atoms with van der Waals surface area (Å²) in [5.74, 6) is -3.20. The van der Waals surface area contributed by atoms with Crippen molar-refractivity contribution in [2.45, 2.75) is 26.7 Å². The first-order valence-electron chi connectivity index (χ1n) is 10.5. The molecule has 0 saturated heterocycles. The summed E-state index contributed by atoms with van der Waals surface area (Å²) in [6.45, 7) is 5.30. The van der Waals surface area contributed by atoms with Crippen LogP contribution in [-0.4, -0.2) is 31.7 Å². The molecule has 4 rings (SSSR count). The van der Waals surface area contributed by atoms with Gasteiger partial charge >= 0.3 is 11.2 Å². The van der Waals surface area contributed by atoms with Gasteiger partial charge in [0, 0.05) is 6.20 Å². The molecule has 0 atom stereocenters. The van der Waals surface area contributed by atoms with Crippen LogP contribution < -0.4 is 10.3 Å². The molecule has 0 saturated carbocycles. The number of hydrogen-bond acceptors (Lipinski definition) is 7. The number of ether oxygens (including phenoxy) is 1. The van der Waals surface area contributed by atoms with Gasteiger partial charge in [-0.2, -0.15) is 0 Å². The van der Waals surface area contributed by atoms with Crippen LogP contribution in [0, 0.1) is 28.7 Å². The molecule has 0 aliphatic carbocycles. The first-order chi connectivity index (χ1) is 16.6. The van der Waals surface area contributed by atoms with Gasteiger partial charge in [0.1, 0.15) is 17.3 Å². The normalized spacial score (nSPS) is 11.3. The Morgan fingerprint density at radius 2 is 1.91 bits per heavy atom. The second-order valence-corrected chi connectivity index (χ2v) is 8.12. The van der Waals surface area contributed by atoms with Crippen molar-refractivity contribution >= 4 is 16.7 Å². The Morgan fingerprint density at radius 3 is 2.54 bits per heavy atom. The molecule has 0 aliphatic rings. The molecule has 0 unspecified atom stereocenters. The molecule has 0 radical (unpaired) electrons. The summed E-state index contributed by atoms with van der Waals surface area (Å²) in [4.78, 5) is 32.6. The molecular weight excluding hydrogens is 462 g/mol. The molecule has 3 heterocycles. The predicted molar refractivity (Wildman–Crippen MR) is 124 cm³/mol. The van der Waals surface area contributed by atoms with Crippen LogP contribution in [0.15, 0.2) is 41.3 Å². The maximum Gasteiger partial charge on any atom is 0.376 e. The second-order valence-electron chi connectivity index (χ2n) is 8.12. The molecule has 1 N–H and O–H groups in total. The van der Waals surface area contributed by atoms with E-state index in [4.69, 9.17) is 4.74 Å². The van der Waals surface area contributed by atoms with E-state index in [2.05, 4.69) is 9.97 Å². The summed E-state index contributed by atoms with van der Waals surface area (Å²) in [5.41, 5.74) is -2.30. The highest BCUT2D eigenvalue weighted by Gasteiger charge is 2.31. The SMILES string of the molecule is COc1cccc(F)c1-c1nc2c(cc1F)c(O)c([N+](=O)[O-])c(=O)n2-c1c(C)ccnc1C(C)C. The molecular formula is C24H20F2N4O5. The molecule has 180 valence electrons. The highest BCUT2D eigenvalue weighted by molar-refractivity contribution is 5.90. The number of halogens is 2. The first kappa shape index (κ1) is 23.7. The summed E-state index contributed by atoms with van der Waals surface area (Å²) in [6.07, 6.45) is 1.53. The van der Waals surface area contributed by atoms with E-state index in [0.717, 1.165) is 16.7 Å². The van der Waals surface area contributed by atoms with Crippen LogP contribution in [0.4, 0.5) is 14.5 Å². The van der Waals surface area contributed by atoms with E-state index in [1.165, 1.54) is 25.4 Å². The number of rotatable bonds is 5. The summed E-state index contributed by atoms with van der Waals surface area (Å²) < 4.78 is 36.1. The van der Waals surface area contributed by atoms with Crippen molar-refractivity contribution in [3.05, 3.63) is 79.9 Å². The van der Waals surface area contributed by atoms with Crippen molar-refractivity contribution in [3.8, 4) is 28.4 Å². The van der Waals surface area contributed by atoms with Gasteiger partial charge in [0.15, 0.2) is 11.5 Å². The smallest absolute Gasteiger partial charge is 0.376 e. The molecule has 0 spiro atoms. The number of pyridine rings is 3. The molecule has 0 bridgehead atoms. The van der Waals surface area contributed by atoms with Crippen LogP contribution >= 0.6 is 0 Å². The van der Waals surface area contributed by atoms with E-state index < -0.39 is 44.6 Å². The van der Waals surface area contributed by atoms with Gasteiger partial charge in [0.25, 0.3) is 0 Å². The Bertz CT molecular complexity index is 1570. The zero-order chi connectivity index (χ0) is 25.6. The van der Waals surface area contributed by atoms with E-state index in [1.807, 2.05) is 13.8 Å². The minimum absolute atomic E-state index is 0.0174. The molecule has 0 fully saturated rings. The highest BCUT2D eigenvalue weighted by Crippen LogP contribution is 2.38. The van der Waals surface area contributed by atoms with Crippen LogP contribution in [-0.2, 0) is 0 Å². The maximum atomic E-state index is 15.3. The molecule has 3 aromatic heterocycles. The van der Waals surface area contributed by atoms with Crippen LogP contribution in [0.2, 0.25) is 0 Å². The van der Waals surface area contributed by atoms with Crippen LogP contribution in [0.5, 0.6) is 11.5 Å². The van der Waals surface area contributed by atoms with E-state index in [-0.39, 0.29) is 28.6 Å². The number of aromatic nitrogens is 3. The Balaban J connectivity index is 2.27. The van der Waals surface area contributed by atoms with Gasteiger partial charge in [-0.3, -0.25) is 24.5 Å². The van der Waals surface area contributed by atoms with E-state index in [0.29, 0.717) is 11.3 Å². The molecule has 0 aliphatic heterocycles. The Morgan fingerprint density at radius 1 is 1.20 bits per heavy atom. The van der Waals surface area contributed by atoms with E-state index in [9.17, 15) is 24.4 Å². The number of aryl methyl sites for hydroxylation is 1. The standard InChI is InChI=1S/C24H20F2N4O5/c1-11(2)18-20(12(3)8-9-27-18)29-23-13(22(31)21(24(29)32)30(33)34)10-15(26)19(28-23)17-14(25)6-5-7-16(17)35-4/h5-11,31H,1-4H3. The fraction of sp³-hybridized carbons (Fsp3) is 0.208. The quantitative estimate of drug-likeness (QED) is 0.321. The lowest BCUT2D eigenvalue weighted by Crippen LogP contribution is -2.25. The lowest BCUT2D eigenvalue weighted by atomic mass is 10.0. The van der Waals surface area contributed by atoms with Crippen LogP contribution in [0.1, 0.15) is 31.0 Å². The third-order valence-electron chi connectivity index (χ3n) is 5.59. The molecule has 9 nitrogen and oxygen atoms in total. The van der Waals surface area contributed by atoms with E-state index in [1.54, 1.807) is 13.0 Å². The largest absolute Gasteiger partial charge is 0.501 e. The van der Waals surface area contributed by atoms with Crippen molar-refractivity contribution in [1.82, 2.24) is 14.5 Å². The predicted octanol–water partition coefficient (Wildman–Crippen LogP) is 4.78. The molecule has 11 heteroatoms. The molecule has 35 heavy (non-hydrogen) atoms.